The highest BCUT2D eigenvalue weighted by Gasteiger charge is 2.19. The van der Waals surface area contributed by atoms with E-state index in [-0.39, 0.29) is 31.1 Å². The number of esters is 3. The molecule has 0 aliphatic rings. The molecule has 0 spiro atoms. The summed E-state index contributed by atoms with van der Waals surface area (Å²) >= 11 is 0. The summed E-state index contributed by atoms with van der Waals surface area (Å²) in [6.07, 6.45) is 65.6. The monoisotopic (exact) mass is 927 g/mol. The molecule has 0 aromatic heterocycles. The fourth-order valence-corrected chi connectivity index (χ4v) is 8.43. The van der Waals surface area contributed by atoms with Crippen LogP contribution in [0.15, 0.2) is 36.5 Å². The molecule has 0 fully saturated rings. The summed E-state index contributed by atoms with van der Waals surface area (Å²) < 4.78 is 16.9. The average molecular weight is 928 g/mol. The van der Waals surface area contributed by atoms with Crippen LogP contribution in [-0.4, -0.2) is 37.2 Å². The molecule has 0 bridgehead atoms. The Kier molecular flexibility index (Phi) is 53.2. The minimum atomic E-state index is -0.782. The molecule has 6 nitrogen and oxygen atoms in total. The third-order valence-corrected chi connectivity index (χ3v) is 12.8. The zero-order chi connectivity index (χ0) is 47.9. The molecule has 0 aliphatic carbocycles. The Morgan fingerprint density at radius 3 is 0.758 bits per heavy atom. The maximum atomic E-state index is 12.8. The molecule has 6 heteroatoms. The molecule has 0 rings (SSSR count). The van der Waals surface area contributed by atoms with Gasteiger partial charge in [-0.15, -0.1) is 0 Å². The summed E-state index contributed by atoms with van der Waals surface area (Å²) in [7, 11) is 0. The maximum Gasteiger partial charge on any atom is 0.306 e. The molecule has 0 unspecified atom stereocenters. The van der Waals surface area contributed by atoms with Crippen molar-refractivity contribution in [2.75, 3.05) is 13.2 Å². The van der Waals surface area contributed by atoms with Gasteiger partial charge in [-0.2, -0.15) is 0 Å². The number of hydrogen-bond acceptors (Lipinski definition) is 6. The second kappa shape index (κ2) is 55.2. The predicted octanol–water partition coefficient (Wildman–Crippen LogP) is 19.3. The van der Waals surface area contributed by atoms with Gasteiger partial charge >= 0.3 is 17.9 Å². The molecule has 0 aromatic carbocycles. The van der Waals surface area contributed by atoms with Gasteiger partial charge in [-0.05, 0) is 96.3 Å². The Morgan fingerprint density at radius 1 is 0.288 bits per heavy atom. The molecule has 0 N–H and O–H groups in total. The summed E-state index contributed by atoms with van der Waals surface area (Å²) in [4.78, 5) is 38.1. The van der Waals surface area contributed by atoms with Crippen molar-refractivity contribution in [3.8, 4) is 0 Å². The van der Waals surface area contributed by atoms with Crippen molar-refractivity contribution >= 4 is 17.9 Å². The highest BCUT2D eigenvalue weighted by Crippen LogP contribution is 2.15. The molecule has 0 saturated carbocycles. The normalized spacial score (nSPS) is 11.8. The van der Waals surface area contributed by atoms with Crippen molar-refractivity contribution in [3.63, 3.8) is 0 Å². The number of carbonyl (C=O) groups is 3. The summed E-state index contributed by atoms with van der Waals surface area (Å²) in [5.41, 5.74) is 0. The van der Waals surface area contributed by atoms with Gasteiger partial charge in [-0.1, -0.05) is 231 Å². The van der Waals surface area contributed by atoms with E-state index >= 15 is 0 Å². The van der Waals surface area contributed by atoms with Gasteiger partial charge in [-0.25, -0.2) is 0 Å². The molecule has 386 valence electrons. The molecule has 66 heavy (non-hydrogen) atoms. The van der Waals surface area contributed by atoms with Gasteiger partial charge in [-0.3, -0.25) is 14.4 Å². The van der Waals surface area contributed by atoms with E-state index in [4.69, 9.17) is 14.2 Å². The zero-order valence-electron chi connectivity index (χ0n) is 44.2. The van der Waals surface area contributed by atoms with Crippen molar-refractivity contribution in [3.05, 3.63) is 36.5 Å². The van der Waals surface area contributed by atoms with Crippen molar-refractivity contribution in [2.24, 2.45) is 0 Å². The standard InChI is InChI=1S/C60H110O6/c1-4-7-10-13-16-19-22-25-28-31-34-37-40-43-46-49-52-58(61)64-55-57(66-60(63)54-51-48-45-42-39-36-33-30-27-24-21-18-15-12-9-6-3)56-65-59(62)53-50-47-44-41-38-35-32-29-26-23-20-17-14-11-8-5-2/h28-33,57H,4-27,34-56H2,1-3H3/b31-28-,32-29-,33-30-. The van der Waals surface area contributed by atoms with Crippen molar-refractivity contribution in [1.82, 2.24) is 0 Å². The van der Waals surface area contributed by atoms with Gasteiger partial charge in [0.1, 0.15) is 13.2 Å². The van der Waals surface area contributed by atoms with Gasteiger partial charge in [0.05, 0.1) is 0 Å². The third-order valence-electron chi connectivity index (χ3n) is 12.8. The Bertz CT molecular complexity index is 1050. The number of carbonyl (C=O) groups excluding carboxylic acids is 3. The number of allylic oxidation sites excluding steroid dienone is 6. The maximum absolute atomic E-state index is 12.8. The van der Waals surface area contributed by atoms with Crippen LogP contribution < -0.4 is 0 Å². The number of rotatable bonds is 53. The van der Waals surface area contributed by atoms with Crippen LogP contribution in [-0.2, 0) is 28.6 Å². The van der Waals surface area contributed by atoms with Gasteiger partial charge < -0.3 is 14.2 Å². The van der Waals surface area contributed by atoms with Crippen LogP contribution in [0.4, 0.5) is 0 Å². The van der Waals surface area contributed by atoms with E-state index in [1.54, 1.807) is 0 Å². The van der Waals surface area contributed by atoms with Crippen molar-refractivity contribution in [1.29, 1.82) is 0 Å². The van der Waals surface area contributed by atoms with Crippen LogP contribution in [0.5, 0.6) is 0 Å². The summed E-state index contributed by atoms with van der Waals surface area (Å²) in [5, 5.41) is 0. The molecule has 0 radical (unpaired) electrons. The molecular formula is C60H110O6. The van der Waals surface area contributed by atoms with Gasteiger partial charge in [0.2, 0.25) is 0 Å². The second-order valence-electron chi connectivity index (χ2n) is 19.5. The highest BCUT2D eigenvalue weighted by atomic mass is 16.6. The zero-order valence-corrected chi connectivity index (χ0v) is 44.2. The average Bonchev–Trinajstić information content (AvgIpc) is 3.31. The summed E-state index contributed by atoms with van der Waals surface area (Å²) in [5.74, 6) is -0.889. The van der Waals surface area contributed by atoms with E-state index in [9.17, 15) is 14.4 Å². The first-order valence-corrected chi connectivity index (χ1v) is 29.0. The molecule has 0 aromatic rings. The minimum Gasteiger partial charge on any atom is -0.462 e. The second-order valence-corrected chi connectivity index (χ2v) is 19.5. The lowest BCUT2D eigenvalue weighted by Gasteiger charge is -2.18. The first-order chi connectivity index (χ1) is 32.5. The number of ether oxygens (including phenoxy) is 3. The summed E-state index contributed by atoms with van der Waals surface area (Å²) in [6.45, 7) is 6.65. The SMILES string of the molecule is CCCCCCCCC/C=C\CCCCCCCC(=O)OCC(COC(=O)CCCCCCC/C=C\CCCCCCCCC)OC(=O)CCCCCCC/C=C\CCCCCCCCC. The first-order valence-electron chi connectivity index (χ1n) is 29.0. The number of hydrogen-bond donors (Lipinski definition) is 0. The quantitative estimate of drug-likeness (QED) is 0.0262. The smallest absolute Gasteiger partial charge is 0.306 e. The van der Waals surface area contributed by atoms with Crippen LogP contribution in [0, 0.1) is 0 Å². The van der Waals surface area contributed by atoms with Gasteiger partial charge in [0.25, 0.3) is 0 Å². The van der Waals surface area contributed by atoms with E-state index in [1.165, 1.54) is 193 Å². The van der Waals surface area contributed by atoms with Crippen LogP contribution in [0.25, 0.3) is 0 Å². The van der Waals surface area contributed by atoms with Crippen LogP contribution in [0.3, 0.4) is 0 Å². The van der Waals surface area contributed by atoms with Crippen molar-refractivity contribution in [2.45, 2.75) is 316 Å². The lowest BCUT2D eigenvalue weighted by Crippen LogP contribution is -2.30. The van der Waals surface area contributed by atoms with Crippen LogP contribution >= 0.6 is 0 Å². The van der Waals surface area contributed by atoms with Crippen LogP contribution in [0.2, 0.25) is 0 Å². The van der Waals surface area contributed by atoms with Gasteiger partial charge in [0, 0.05) is 19.3 Å². The Labute approximate surface area is 410 Å². The predicted molar refractivity (Wildman–Crippen MR) is 284 cm³/mol. The number of unbranched alkanes of at least 4 members (excludes halogenated alkanes) is 36. The van der Waals surface area contributed by atoms with Gasteiger partial charge in [0.15, 0.2) is 6.10 Å². The first kappa shape index (κ1) is 63.6. The fraction of sp³-hybridized carbons (Fsp3) is 0.850. The minimum absolute atomic E-state index is 0.0803. The topological polar surface area (TPSA) is 78.9 Å². The molecular weight excluding hydrogens is 817 g/mol. The van der Waals surface area contributed by atoms with E-state index in [0.29, 0.717) is 19.3 Å². The largest absolute Gasteiger partial charge is 0.462 e. The Morgan fingerprint density at radius 2 is 0.500 bits per heavy atom. The Balaban J connectivity index is 4.39. The van der Waals surface area contributed by atoms with E-state index in [2.05, 4.69) is 57.2 Å². The van der Waals surface area contributed by atoms with E-state index in [1.807, 2.05) is 0 Å². The fourth-order valence-electron chi connectivity index (χ4n) is 8.43. The molecule has 0 amide bonds. The molecule has 0 aliphatic heterocycles. The lowest BCUT2D eigenvalue weighted by atomic mass is 10.1. The molecule has 0 saturated heterocycles. The van der Waals surface area contributed by atoms with Crippen molar-refractivity contribution < 1.29 is 28.6 Å². The van der Waals surface area contributed by atoms with Crippen LogP contribution in [0.1, 0.15) is 310 Å². The Hall–Kier alpha value is -2.37. The van der Waals surface area contributed by atoms with E-state index < -0.39 is 6.10 Å². The lowest BCUT2D eigenvalue weighted by molar-refractivity contribution is -0.167. The third kappa shape index (κ3) is 52.6. The molecule has 0 heterocycles. The summed E-state index contributed by atoms with van der Waals surface area (Å²) in [6, 6.07) is 0. The highest BCUT2D eigenvalue weighted by molar-refractivity contribution is 5.71. The van der Waals surface area contributed by atoms with E-state index in [0.717, 1.165) is 77.0 Å². The molecule has 0 atom stereocenters.